The molecule has 0 aliphatic heterocycles. The fraction of sp³-hybridized carbons (Fsp3) is 0.389. The van der Waals surface area contributed by atoms with E-state index in [0.29, 0.717) is 40.9 Å². The average Bonchev–Trinajstić information content (AvgIpc) is 3.04. The summed E-state index contributed by atoms with van der Waals surface area (Å²) in [5.74, 6) is -0.0317. The van der Waals surface area contributed by atoms with E-state index in [-0.39, 0.29) is 11.7 Å². The first-order valence-corrected chi connectivity index (χ1v) is 8.71. The number of amides is 1. The highest BCUT2D eigenvalue weighted by atomic mass is 32.1. The highest BCUT2D eigenvalue weighted by Gasteiger charge is 2.19. The van der Waals surface area contributed by atoms with Gasteiger partial charge in [0.1, 0.15) is 15.7 Å². The molecule has 2 rings (SSSR count). The molecular formula is C18H20FN3OS. The molecule has 0 fully saturated rings. The molecule has 0 unspecified atom stereocenters. The van der Waals surface area contributed by atoms with E-state index in [2.05, 4.69) is 24.9 Å². The number of thiazole rings is 1. The van der Waals surface area contributed by atoms with Gasteiger partial charge in [0.2, 0.25) is 0 Å². The summed E-state index contributed by atoms with van der Waals surface area (Å²) in [6.07, 6.45) is 2.66. The zero-order valence-electron chi connectivity index (χ0n) is 13.8. The SMILES string of the molecule is CC(C)CCN(CCC#N)C(=O)c1cnc(-c2ccccc2F)s1. The Balaban J connectivity index is 2.18. The molecule has 0 saturated heterocycles. The van der Waals surface area contributed by atoms with Gasteiger partial charge in [-0.05, 0) is 24.5 Å². The van der Waals surface area contributed by atoms with Crippen LogP contribution in [0.3, 0.4) is 0 Å². The molecule has 0 spiro atoms. The fourth-order valence-corrected chi connectivity index (χ4v) is 3.11. The minimum absolute atomic E-state index is 0.147. The Labute approximate surface area is 145 Å². The maximum atomic E-state index is 13.9. The highest BCUT2D eigenvalue weighted by Crippen LogP contribution is 2.28. The van der Waals surface area contributed by atoms with Crippen molar-refractivity contribution >= 4 is 17.2 Å². The third-order valence-corrected chi connectivity index (χ3v) is 4.60. The first kappa shape index (κ1) is 18.1. The maximum Gasteiger partial charge on any atom is 0.265 e. The minimum atomic E-state index is -0.355. The predicted octanol–water partition coefficient (Wildman–Crippen LogP) is 4.35. The van der Waals surface area contributed by atoms with Gasteiger partial charge in [-0.25, -0.2) is 9.37 Å². The molecule has 2 aromatic rings. The van der Waals surface area contributed by atoms with Crippen LogP contribution in [-0.2, 0) is 0 Å². The van der Waals surface area contributed by atoms with Crippen LogP contribution in [-0.4, -0.2) is 28.9 Å². The zero-order valence-corrected chi connectivity index (χ0v) is 14.6. The molecule has 0 bridgehead atoms. The van der Waals surface area contributed by atoms with Crippen molar-refractivity contribution in [1.82, 2.24) is 9.88 Å². The lowest BCUT2D eigenvalue weighted by molar-refractivity contribution is 0.0756. The molecule has 0 aliphatic carbocycles. The number of nitrogens with zero attached hydrogens (tertiary/aromatic N) is 3. The monoisotopic (exact) mass is 345 g/mol. The van der Waals surface area contributed by atoms with Gasteiger partial charge in [-0.3, -0.25) is 4.79 Å². The number of benzene rings is 1. The molecule has 0 atom stereocenters. The molecule has 126 valence electrons. The maximum absolute atomic E-state index is 13.9. The Kier molecular flexibility index (Phi) is 6.44. The van der Waals surface area contributed by atoms with Crippen LogP contribution in [0.15, 0.2) is 30.5 Å². The van der Waals surface area contributed by atoms with E-state index < -0.39 is 0 Å². The number of hydrogen-bond acceptors (Lipinski definition) is 4. The molecule has 0 aliphatic rings. The fourth-order valence-electron chi connectivity index (χ4n) is 2.20. The molecule has 0 saturated carbocycles. The second kappa shape index (κ2) is 8.55. The van der Waals surface area contributed by atoms with Gasteiger partial charge in [0.25, 0.3) is 5.91 Å². The van der Waals surface area contributed by atoms with Gasteiger partial charge >= 0.3 is 0 Å². The molecule has 1 amide bonds. The second-order valence-electron chi connectivity index (χ2n) is 5.89. The van der Waals surface area contributed by atoms with E-state index in [0.717, 1.165) is 6.42 Å². The molecule has 6 heteroatoms. The lowest BCUT2D eigenvalue weighted by atomic mass is 10.1. The summed E-state index contributed by atoms with van der Waals surface area (Å²) in [6.45, 7) is 5.19. The van der Waals surface area contributed by atoms with Crippen molar-refractivity contribution in [2.75, 3.05) is 13.1 Å². The quantitative estimate of drug-likeness (QED) is 0.749. The first-order valence-electron chi connectivity index (χ1n) is 7.90. The summed E-state index contributed by atoms with van der Waals surface area (Å²) < 4.78 is 13.9. The van der Waals surface area contributed by atoms with E-state index in [1.165, 1.54) is 23.6 Å². The molecule has 24 heavy (non-hydrogen) atoms. The number of carbonyl (C=O) groups excluding carboxylic acids is 1. The number of nitriles is 1. The Morgan fingerprint density at radius 2 is 2.12 bits per heavy atom. The minimum Gasteiger partial charge on any atom is -0.337 e. The van der Waals surface area contributed by atoms with E-state index >= 15 is 0 Å². The smallest absolute Gasteiger partial charge is 0.265 e. The van der Waals surface area contributed by atoms with Gasteiger partial charge in [0.05, 0.1) is 18.7 Å². The zero-order chi connectivity index (χ0) is 17.5. The van der Waals surface area contributed by atoms with Crippen molar-refractivity contribution in [1.29, 1.82) is 5.26 Å². The van der Waals surface area contributed by atoms with E-state index in [1.54, 1.807) is 23.1 Å². The van der Waals surface area contributed by atoms with E-state index in [9.17, 15) is 9.18 Å². The molecule has 1 heterocycles. The van der Waals surface area contributed by atoms with Crippen LogP contribution < -0.4 is 0 Å². The van der Waals surface area contributed by atoms with Crippen molar-refractivity contribution in [2.24, 2.45) is 5.92 Å². The summed E-state index contributed by atoms with van der Waals surface area (Å²) in [5.41, 5.74) is 0.396. The molecule has 1 aromatic heterocycles. The summed E-state index contributed by atoms with van der Waals surface area (Å²) in [4.78, 5) is 19.0. The third kappa shape index (κ3) is 4.62. The Morgan fingerprint density at radius 1 is 1.38 bits per heavy atom. The second-order valence-corrected chi connectivity index (χ2v) is 6.92. The lowest BCUT2D eigenvalue weighted by Gasteiger charge is -2.21. The number of carbonyl (C=O) groups is 1. The van der Waals surface area contributed by atoms with Crippen LogP contribution in [0.25, 0.3) is 10.6 Å². The van der Waals surface area contributed by atoms with Crippen molar-refractivity contribution in [3.63, 3.8) is 0 Å². The Morgan fingerprint density at radius 3 is 2.79 bits per heavy atom. The van der Waals surface area contributed by atoms with Crippen LogP contribution >= 0.6 is 11.3 Å². The molecule has 4 nitrogen and oxygen atoms in total. The summed E-state index contributed by atoms with van der Waals surface area (Å²) in [5, 5.41) is 9.28. The van der Waals surface area contributed by atoms with Crippen molar-refractivity contribution in [3.05, 3.63) is 41.2 Å². The van der Waals surface area contributed by atoms with Gasteiger partial charge in [0.15, 0.2) is 0 Å². The van der Waals surface area contributed by atoms with Crippen molar-refractivity contribution in [3.8, 4) is 16.6 Å². The molecule has 1 aromatic carbocycles. The van der Waals surface area contributed by atoms with Crippen LogP contribution in [0.1, 0.15) is 36.4 Å². The van der Waals surface area contributed by atoms with Gasteiger partial charge in [-0.1, -0.05) is 26.0 Å². The van der Waals surface area contributed by atoms with Crippen LogP contribution in [0.2, 0.25) is 0 Å². The van der Waals surface area contributed by atoms with Crippen LogP contribution in [0.4, 0.5) is 4.39 Å². The van der Waals surface area contributed by atoms with Crippen LogP contribution in [0.5, 0.6) is 0 Å². The lowest BCUT2D eigenvalue weighted by Crippen LogP contribution is -2.33. The largest absolute Gasteiger partial charge is 0.337 e. The number of aromatic nitrogens is 1. The summed E-state index contributed by atoms with van der Waals surface area (Å²) in [7, 11) is 0. The topological polar surface area (TPSA) is 57.0 Å². The van der Waals surface area contributed by atoms with Gasteiger partial charge in [-0.2, -0.15) is 5.26 Å². The van der Waals surface area contributed by atoms with E-state index in [4.69, 9.17) is 5.26 Å². The number of halogens is 1. The van der Waals surface area contributed by atoms with Crippen molar-refractivity contribution < 1.29 is 9.18 Å². The van der Waals surface area contributed by atoms with Crippen molar-refractivity contribution in [2.45, 2.75) is 26.7 Å². The Hall–Kier alpha value is -2.26. The van der Waals surface area contributed by atoms with Gasteiger partial charge in [-0.15, -0.1) is 11.3 Å². The predicted molar refractivity (Wildman–Crippen MR) is 93.1 cm³/mol. The third-order valence-electron chi connectivity index (χ3n) is 3.58. The number of rotatable bonds is 7. The molecule has 0 N–H and O–H groups in total. The number of hydrogen-bond donors (Lipinski definition) is 0. The molecule has 0 radical (unpaired) electrons. The standard InChI is InChI=1S/C18H20FN3OS/c1-13(2)8-11-22(10-5-9-20)18(23)16-12-21-17(24-16)14-6-3-4-7-15(14)19/h3-4,6-7,12-13H,5,8,10-11H2,1-2H3. The normalized spacial score (nSPS) is 10.6. The molecular weight excluding hydrogens is 325 g/mol. The van der Waals surface area contributed by atoms with Gasteiger partial charge in [0, 0.05) is 18.7 Å². The van der Waals surface area contributed by atoms with Gasteiger partial charge < -0.3 is 4.90 Å². The van der Waals surface area contributed by atoms with E-state index in [1.807, 2.05) is 0 Å². The summed E-state index contributed by atoms with van der Waals surface area (Å²) >= 11 is 1.18. The van der Waals surface area contributed by atoms with Crippen LogP contribution in [0, 0.1) is 23.1 Å². The Bertz CT molecular complexity index is 736. The summed E-state index contributed by atoms with van der Waals surface area (Å²) in [6, 6.07) is 8.46. The highest BCUT2D eigenvalue weighted by molar-refractivity contribution is 7.16. The average molecular weight is 345 g/mol. The first-order chi connectivity index (χ1) is 11.5.